The van der Waals surface area contributed by atoms with Crippen molar-refractivity contribution in [2.75, 3.05) is 4.90 Å². The third-order valence-corrected chi connectivity index (χ3v) is 13.3. The van der Waals surface area contributed by atoms with Crippen LogP contribution in [0.25, 0.3) is 103 Å². The maximum absolute atomic E-state index is 5.62. The molecule has 59 heavy (non-hydrogen) atoms. The summed E-state index contributed by atoms with van der Waals surface area (Å²) in [5.74, 6) is 0.700. The van der Waals surface area contributed by atoms with E-state index in [4.69, 9.17) is 9.97 Å². The van der Waals surface area contributed by atoms with Gasteiger partial charge in [-0.2, -0.15) is 0 Å². The molecule has 5 heteroatoms. The highest BCUT2D eigenvalue weighted by atomic mass is 32.1. The number of thiophene rings is 1. The first-order chi connectivity index (χ1) is 29.3. The van der Waals surface area contributed by atoms with E-state index in [1.165, 1.54) is 64.9 Å². The number of anilines is 3. The topological polar surface area (TPSA) is 34.0 Å². The quantitative estimate of drug-likeness (QED) is 0.179. The maximum atomic E-state index is 5.62. The minimum atomic E-state index is 0.700. The van der Waals surface area contributed by atoms with Crippen molar-refractivity contribution in [3.05, 3.63) is 194 Å². The van der Waals surface area contributed by atoms with Crippen LogP contribution in [0, 0.1) is 0 Å². The molecule has 0 bridgehead atoms. The van der Waals surface area contributed by atoms with Gasteiger partial charge in [0, 0.05) is 54.0 Å². The molecule has 0 saturated carbocycles. The zero-order valence-corrected chi connectivity index (χ0v) is 32.5. The van der Waals surface area contributed by atoms with Crippen LogP contribution in [0.5, 0.6) is 0 Å². The largest absolute Gasteiger partial charge is 0.309 e. The number of fused-ring (bicyclic) bond motifs is 10. The van der Waals surface area contributed by atoms with Gasteiger partial charge in [0.25, 0.3) is 0 Å². The fourth-order valence-corrected chi connectivity index (χ4v) is 10.7. The van der Waals surface area contributed by atoms with E-state index in [9.17, 15) is 0 Å². The van der Waals surface area contributed by atoms with E-state index in [0.717, 1.165) is 49.5 Å². The molecule has 0 N–H and O–H groups in total. The van der Waals surface area contributed by atoms with Crippen LogP contribution in [0.2, 0.25) is 0 Å². The summed E-state index contributed by atoms with van der Waals surface area (Å²) in [5.41, 5.74) is 13.3. The van der Waals surface area contributed by atoms with Crippen molar-refractivity contribution in [2.24, 2.45) is 0 Å². The summed E-state index contributed by atoms with van der Waals surface area (Å²) in [7, 11) is 0. The number of aromatic nitrogens is 3. The van der Waals surface area contributed by atoms with Crippen molar-refractivity contribution in [1.29, 1.82) is 0 Å². The molecule has 9 aromatic carbocycles. The Morgan fingerprint density at radius 2 is 1.14 bits per heavy atom. The molecular weight excluding hydrogens is 737 g/mol. The van der Waals surface area contributed by atoms with Gasteiger partial charge >= 0.3 is 0 Å². The van der Waals surface area contributed by atoms with Crippen LogP contribution in [0.4, 0.5) is 17.1 Å². The Labute approximate surface area is 343 Å². The lowest BCUT2D eigenvalue weighted by molar-refractivity contribution is 1.18. The van der Waals surface area contributed by atoms with Crippen LogP contribution in [-0.4, -0.2) is 14.5 Å². The van der Waals surface area contributed by atoms with Crippen LogP contribution >= 0.6 is 11.3 Å². The summed E-state index contributed by atoms with van der Waals surface area (Å²) in [6, 6.07) is 70.1. The fraction of sp³-hybridized carbons (Fsp3) is 0. The molecule has 0 fully saturated rings. The second-order valence-corrected chi connectivity index (χ2v) is 16.4. The smallest absolute Gasteiger partial charge is 0.162 e. The number of benzene rings is 9. The van der Waals surface area contributed by atoms with E-state index in [1.54, 1.807) is 11.3 Å². The summed E-state index contributed by atoms with van der Waals surface area (Å²) in [4.78, 5) is 13.6. The van der Waals surface area contributed by atoms with E-state index < -0.39 is 0 Å². The summed E-state index contributed by atoms with van der Waals surface area (Å²) < 4.78 is 4.65. The van der Waals surface area contributed by atoms with Gasteiger partial charge in [0.05, 0.1) is 44.0 Å². The van der Waals surface area contributed by atoms with Crippen molar-refractivity contribution in [1.82, 2.24) is 14.5 Å². The van der Waals surface area contributed by atoms with Crippen molar-refractivity contribution >= 4 is 92.1 Å². The Balaban J connectivity index is 1.09. The van der Waals surface area contributed by atoms with E-state index in [2.05, 4.69) is 204 Å². The van der Waals surface area contributed by atoms with E-state index in [0.29, 0.717) is 5.82 Å². The Morgan fingerprint density at radius 1 is 0.441 bits per heavy atom. The maximum Gasteiger partial charge on any atom is 0.162 e. The first-order valence-electron chi connectivity index (χ1n) is 20.0. The minimum Gasteiger partial charge on any atom is -0.309 e. The van der Waals surface area contributed by atoms with Crippen molar-refractivity contribution in [3.8, 4) is 39.5 Å². The molecular formula is C54H32N4S. The van der Waals surface area contributed by atoms with Crippen molar-refractivity contribution in [2.45, 2.75) is 0 Å². The molecule has 0 radical (unpaired) electrons. The van der Waals surface area contributed by atoms with Gasteiger partial charge in [-0.1, -0.05) is 140 Å². The SMILES string of the molecule is c1ccc(-n2c3ccccc3c3cc(-c4nc(-c5ccccc5N5c6c(ccc7ccccc67)-c6cccc7cccc5c67)nc5c4sc4ccccc45)ccc32)cc1. The molecule has 274 valence electrons. The van der Waals surface area contributed by atoms with E-state index >= 15 is 0 Å². The van der Waals surface area contributed by atoms with Crippen LogP contribution in [0.1, 0.15) is 0 Å². The first kappa shape index (κ1) is 32.5. The highest BCUT2D eigenvalue weighted by Gasteiger charge is 2.30. The van der Waals surface area contributed by atoms with Gasteiger partial charge in [-0.05, 0) is 70.9 Å². The molecule has 0 aliphatic carbocycles. The fourth-order valence-electron chi connectivity index (χ4n) is 9.56. The number of para-hydroxylation sites is 3. The number of nitrogens with zero attached hydrogens (tertiary/aromatic N) is 4. The predicted molar refractivity (Wildman–Crippen MR) is 249 cm³/mol. The standard InChI is InChI=1S/C54H32N4S/c1-2-17-36(18-3-1)57-44-24-9-6-20-38(44)43-32-35(29-31-46(43)57)50-53-51(42-22-8-11-27-48(42)59-53)56-54(55-50)41-21-7-10-25-45(41)58-47-26-13-16-34-15-12-23-39(49(34)47)40-30-28-33-14-4-5-19-37(33)52(40)58/h1-32H. The molecule has 1 aliphatic rings. The highest BCUT2D eigenvalue weighted by molar-refractivity contribution is 7.26. The van der Waals surface area contributed by atoms with Crippen molar-refractivity contribution in [3.63, 3.8) is 0 Å². The third kappa shape index (κ3) is 4.71. The van der Waals surface area contributed by atoms with Gasteiger partial charge in [0.2, 0.25) is 0 Å². The monoisotopic (exact) mass is 768 g/mol. The number of hydrogen-bond donors (Lipinski definition) is 0. The molecule has 0 saturated heterocycles. The molecule has 3 aromatic heterocycles. The molecule has 12 aromatic rings. The minimum absolute atomic E-state index is 0.700. The molecule has 0 amide bonds. The molecule has 0 unspecified atom stereocenters. The number of hydrogen-bond acceptors (Lipinski definition) is 4. The van der Waals surface area contributed by atoms with E-state index in [-0.39, 0.29) is 0 Å². The lowest BCUT2D eigenvalue weighted by atomic mass is 9.88. The third-order valence-electron chi connectivity index (χ3n) is 12.1. The second kappa shape index (κ2) is 12.4. The summed E-state index contributed by atoms with van der Waals surface area (Å²) >= 11 is 1.77. The number of rotatable bonds is 4. The van der Waals surface area contributed by atoms with Gasteiger partial charge in [0.15, 0.2) is 5.82 Å². The molecule has 0 spiro atoms. The lowest BCUT2D eigenvalue weighted by Gasteiger charge is -2.35. The average molecular weight is 769 g/mol. The van der Waals surface area contributed by atoms with Crippen molar-refractivity contribution < 1.29 is 0 Å². The van der Waals surface area contributed by atoms with Crippen LogP contribution in [0.3, 0.4) is 0 Å². The second-order valence-electron chi connectivity index (χ2n) is 15.3. The molecule has 4 nitrogen and oxygen atoms in total. The lowest BCUT2D eigenvalue weighted by Crippen LogP contribution is -2.16. The Kier molecular flexibility index (Phi) is 6.85. The average Bonchev–Trinajstić information content (AvgIpc) is 3.85. The zero-order chi connectivity index (χ0) is 38.6. The van der Waals surface area contributed by atoms with Crippen LogP contribution in [0.15, 0.2) is 194 Å². The zero-order valence-electron chi connectivity index (χ0n) is 31.7. The summed E-state index contributed by atoms with van der Waals surface area (Å²) in [6.45, 7) is 0. The summed E-state index contributed by atoms with van der Waals surface area (Å²) in [6.07, 6.45) is 0. The molecule has 4 heterocycles. The predicted octanol–water partition coefficient (Wildman–Crippen LogP) is 15.0. The van der Waals surface area contributed by atoms with Crippen LogP contribution < -0.4 is 4.90 Å². The van der Waals surface area contributed by atoms with E-state index in [1.807, 2.05) is 0 Å². The van der Waals surface area contributed by atoms with Gasteiger partial charge in [0.1, 0.15) is 0 Å². The van der Waals surface area contributed by atoms with Gasteiger partial charge in [-0.25, -0.2) is 9.97 Å². The normalized spacial score (nSPS) is 12.4. The van der Waals surface area contributed by atoms with Gasteiger partial charge in [-0.15, -0.1) is 11.3 Å². The Morgan fingerprint density at radius 3 is 2.05 bits per heavy atom. The van der Waals surface area contributed by atoms with Crippen LogP contribution in [-0.2, 0) is 0 Å². The van der Waals surface area contributed by atoms with Gasteiger partial charge in [-0.3, -0.25) is 0 Å². The Bertz CT molecular complexity index is 3690. The highest BCUT2D eigenvalue weighted by Crippen LogP contribution is 2.55. The molecule has 0 atom stereocenters. The first-order valence-corrected chi connectivity index (χ1v) is 20.8. The van der Waals surface area contributed by atoms with Gasteiger partial charge < -0.3 is 9.47 Å². The summed E-state index contributed by atoms with van der Waals surface area (Å²) in [5, 5.41) is 8.42. The molecule has 1 aliphatic heterocycles. The Hall–Kier alpha value is -7.60. The molecule has 13 rings (SSSR count).